The molecule has 0 saturated carbocycles. The lowest BCUT2D eigenvalue weighted by molar-refractivity contribution is -0.136. The van der Waals surface area contributed by atoms with Crippen molar-refractivity contribution in [1.82, 2.24) is 0 Å². The molecule has 0 unspecified atom stereocenters. The van der Waals surface area contributed by atoms with E-state index < -0.39 is 0 Å². The monoisotopic (exact) mass is 580 g/mol. The fourth-order valence-electron chi connectivity index (χ4n) is 5.85. The van der Waals surface area contributed by atoms with E-state index in [0.717, 1.165) is 24.4 Å². The minimum Gasteiger partial charge on any atom is -0.372 e. The number of oxime groups is 1. The molecule has 2 rings (SSSR count). The molecular weight excluding hydrogens is 516 g/mol. The van der Waals surface area contributed by atoms with Crippen molar-refractivity contribution >= 4 is 23.4 Å². The van der Waals surface area contributed by atoms with Crippen LogP contribution in [0.25, 0.3) is 6.08 Å². The predicted octanol–water partition coefficient (Wildman–Crippen LogP) is 11.7. The van der Waals surface area contributed by atoms with Crippen LogP contribution in [0.15, 0.2) is 35.0 Å². The second-order valence-corrected chi connectivity index (χ2v) is 13.6. The summed E-state index contributed by atoms with van der Waals surface area (Å²) < 4.78 is 0. The van der Waals surface area contributed by atoms with Crippen molar-refractivity contribution < 1.29 is 9.63 Å². The summed E-state index contributed by atoms with van der Waals surface area (Å²) in [6.45, 7) is 13.0. The minimum atomic E-state index is -0.354. The van der Waals surface area contributed by atoms with E-state index in [1.165, 1.54) is 134 Å². The molecule has 0 spiro atoms. The summed E-state index contributed by atoms with van der Waals surface area (Å²) in [7, 11) is 0. The third-order valence-corrected chi connectivity index (χ3v) is 8.54. The molecule has 0 atom stereocenters. The lowest BCUT2D eigenvalue weighted by Gasteiger charge is -2.25. The molecule has 4 heteroatoms. The van der Waals surface area contributed by atoms with Gasteiger partial charge in [0, 0.05) is 24.2 Å². The van der Waals surface area contributed by atoms with Gasteiger partial charge in [-0.25, -0.2) is 4.79 Å². The van der Waals surface area contributed by atoms with Crippen LogP contribution in [0.2, 0.25) is 0 Å². The van der Waals surface area contributed by atoms with E-state index in [9.17, 15) is 4.79 Å². The number of carbonyl (C=O) groups is 1. The first-order chi connectivity index (χ1) is 20.4. The fraction of sp³-hybridized carbons (Fsp3) is 0.737. The highest BCUT2D eigenvalue weighted by atomic mass is 16.7. The number of hydrogen-bond donors (Lipinski definition) is 0. The topological polar surface area (TPSA) is 41.9 Å². The van der Waals surface area contributed by atoms with Gasteiger partial charge < -0.3 is 9.74 Å². The van der Waals surface area contributed by atoms with Crippen LogP contribution in [0, 0.1) is 5.41 Å². The van der Waals surface area contributed by atoms with Gasteiger partial charge in [-0.05, 0) is 36.6 Å². The maximum atomic E-state index is 12.3. The molecule has 1 aliphatic rings. The Morgan fingerprint density at radius 2 is 1.05 bits per heavy atom. The van der Waals surface area contributed by atoms with Crippen molar-refractivity contribution in [2.24, 2.45) is 10.6 Å². The van der Waals surface area contributed by atoms with E-state index in [2.05, 4.69) is 68.9 Å². The van der Waals surface area contributed by atoms with Gasteiger partial charge in [0.25, 0.3) is 0 Å². The van der Waals surface area contributed by atoms with Crippen molar-refractivity contribution in [1.29, 1.82) is 0 Å². The van der Waals surface area contributed by atoms with Crippen molar-refractivity contribution in [2.75, 3.05) is 18.0 Å². The highest BCUT2D eigenvalue weighted by molar-refractivity contribution is 6.26. The summed E-state index contributed by atoms with van der Waals surface area (Å²) in [6.07, 6.45) is 29.3. The summed E-state index contributed by atoms with van der Waals surface area (Å²) in [6, 6.07) is 8.73. The molecule has 1 aliphatic heterocycles. The Labute approximate surface area is 259 Å². The maximum Gasteiger partial charge on any atom is 0.367 e. The number of anilines is 1. The Morgan fingerprint density at radius 1 is 0.643 bits per heavy atom. The molecule has 0 amide bonds. The quantitative estimate of drug-likeness (QED) is 0.0693. The molecule has 0 fully saturated rings. The van der Waals surface area contributed by atoms with Crippen LogP contribution >= 0.6 is 0 Å². The maximum absolute atomic E-state index is 12.3. The number of rotatable bonds is 24. The normalized spacial score (nSPS) is 14.5. The largest absolute Gasteiger partial charge is 0.372 e. The van der Waals surface area contributed by atoms with Gasteiger partial charge >= 0.3 is 5.97 Å². The summed E-state index contributed by atoms with van der Waals surface area (Å²) >= 11 is 0. The van der Waals surface area contributed by atoms with Crippen molar-refractivity contribution in [3.05, 3.63) is 35.4 Å². The highest BCUT2D eigenvalue weighted by Gasteiger charge is 2.33. The van der Waals surface area contributed by atoms with E-state index >= 15 is 0 Å². The zero-order valence-electron chi connectivity index (χ0n) is 28.2. The number of benzene rings is 1. The van der Waals surface area contributed by atoms with Crippen LogP contribution in [0.4, 0.5) is 5.69 Å². The molecule has 1 aromatic carbocycles. The first-order valence-corrected chi connectivity index (χ1v) is 17.7. The molecule has 0 bridgehead atoms. The van der Waals surface area contributed by atoms with E-state index in [4.69, 9.17) is 4.84 Å². The SMILES string of the molecule is CCCCCCCCCCCCN(CCCCCCCCCCCC)c1ccc(C=C2C(=O)ON=C2C(C)(C)C)cc1. The predicted molar refractivity (Wildman–Crippen MR) is 183 cm³/mol. The zero-order chi connectivity index (χ0) is 30.5. The summed E-state index contributed by atoms with van der Waals surface area (Å²) in [5.74, 6) is -0.354. The van der Waals surface area contributed by atoms with Gasteiger partial charge in [-0.2, -0.15) is 0 Å². The molecule has 4 nitrogen and oxygen atoms in total. The minimum absolute atomic E-state index is 0.237. The van der Waals surface area contributed by atoms with Crippen molar-refractivity contribution in [3.8, 4) is 0 Å². The van der Waals surface area contributed by atoms with Crippen molar-refractivity contribution in [2.45, 2.75) is 163 Å². The third-order valence-electron chi connectivity index (χ3n) is 8.54. The van der Waals surface area contributed by atoms with Gasteiger partial charge in [0.2, 0.25) is 0 Å². The van der Waals surface area contributed by atoms with Crippen LogP contribution in [-0.4, -0.2) is 24.8 Å². The average Bonchev–Trinajstić information content (AvgIpc) is 3.34. The summed E-state index contributed by atoms with van der Waals surface area (Å²) in [5, 5.41) is 4.06. The molecule has 238 valence electrons. The molecule has 1 heterocycles. The Kier molecular flexibility index (Phi) is 18.5. The number of nitrogens with zero attached hydrogens (tertiary/aromatic N) is 2. The lowest BCUT2D eigenvalue weighted by atomic mass is 9.85. The molecule has 42 heavy (non-hydrogen) atoms. The summed E-state index contributed by atoms with van der Waals surface area (Å²) in [4.78, 5) is 19.9. The van der Waals surface area contributed by atoms with Gasteiger partial charge in [0.1, 0.15) is 5.71 Å². The number of unbranched alkanes of at least 4 members (excludes halogenated alkanes) is 18. The van der Waals surface area contributed by atoms with Gasteiger partial charge in [-0.3, -0.25) is 0 Å². The van der Waals surface area contributed by atoms with Gasteiger partial charge in [0.05, 0.1) is 5.57 Å². The van der Waals surface area contributed by atoms with E-state index in [1.54, 1.807) is 0 Å². The second kappa shape index (κ2) is 21.6. The van der Waals surface area contributed by atoms with E-state index in [-0.39, 0.29) is 11.4 Å². The van der Waals surface area contributed by atoms with Crippen molar-refractivity contribution in [3.63, 3.8) is 0 Å². The Balaban J connectivity index is 1.86. The average molecular weight is 581 g/mol. The van der Waals surface area contributed by atoms with E-state index in [0.29, 0.717) is 5.57 Å². The van der Waals surface area contributed by atoms with Gasteiger partial charge in [-0.15, -0.1) is 0 Å². The second-order valence-electron chi connectivity index (χ2n) is 13.6. The van der Waals surface area contributed by atoms with Crippen LogP contribution in [0.3, 0.4) is 0 Å². The highest BCUT2D eigenvalue weighted by Crippen LogP contribution is 2.29. The molecule has 0 aliphatic carbocycles. The first kappa shape index (κ1) is 36.1. The smallest absolute Gasteiger partial charge is 0.367 e. The Hall–Kier alpha value is -2.10. The zero-order valence-corrected chi connectivity index (χ0v) is 28.2. The Morgan fingerprint density at radius 3 is 1.45 bits per heavy atom. The molecule has 1 aromatic rings. The van der Waals surface area contributed by atoms with Gasteiger partial charge in [0.15, 0.2) is 0 Å². The number of carbonyl (C=O) groups excluding carboxylic acids is 1. The first-order valence-electron chi connectivity index (χ1n) is 17.7. The van der Waals surface area contributed by atoms with E-state index in [1.807, 2.05) is 6.08 Å². The molecule has 0 radical (unpaired) electrons. The van der Waals surface area contributed by atoms with Gasteiger partial charge in [-0.1, -0.05) is 167 Å². The molecule has 0 N–H and O–H groups in total. The standard InChI is InChI=1S/C38H64N2O2/c1-6-8-10-12-14-16-18-20-22-24-30-40(31-25-23-21-19-17-15-13-11-9-7-2)34-28-26-33(27-29-34)32-35-36(38(3,4)5)39-42-37(35)41/h26-29,32H,6-25,30-31H2,1-5H3. The number of hydrogen-bond acceptors (Lipinski definition) is 4. The van der Waals surface area contributed by atoms with Crippen LogP contribution < -0.4 is 4.90 Å². The third kappa shape index (κ3) is 14.9. The summed E-state index contributed by atoms with van der Waals surface area (Å²) in [5.41, 5.74) is 3.37. The fourth-order valence-corrected chi connectivity index (χ4v) is 5.85. The molecular formula is C38H64N2O2. The molecule has 0 aromatic heterocycles. The molecule has 0 saturated heterocycles. The van der Waals surface area contributed by atoms with Crippen LogP contribution in [0.1, 0.15) is 169 Å². The lowest BCUT2D eigenvalue weighted by Crippen LogP contribution is -2.25. The van der Waals surface area contributed by atoms with Crippen LogP contribution in [-0.2, 0) is 9.63 Å². The van der Waals surface area contributed by atoms with Crippen LogP contribution in [0.5, 0.6) is 0 Å². The Bertz CT molecular complexity index is 886.